The molecule has 2 saturated heterocycles. The summed E-state index contributed by atoms with van der Waals surface area (Å²) in [6, 6.07) is -0.0779. The van der Waals surface area contributed by atoms with Crippen LogP contribution < -0.4 is 5.32 Å². The summed E-state index contributed by atoms with van der Waals surface area (Å²) in [7, 11) is 0. The van der Waals surface area contributed by atoms with Gasteiger partial charge in [-0.3, -0.25) is 4.79 Å². The number of nitrogens with zero attached hydrogens (tertiary/aromatic N) is 1. The Balaban J connectivity index is 2.02. The van der Waals surface area contributed by atoms with Crippen molar-refractivity contribution < 1.29 is 14.3 Å². The van der Waals surface area contributed by atoms with Gasteiger partial charge in [-0.05, 0) is 52.4 Å². The van der Waals surface area contributed by atoms with E-state index in [-0.39, 0.29) is 5.91 Å². The van der Waals surface area contributed by atoms with Crippen LogP contribution in [0.1, 0.15) is 53.4 Å². The Morgan fingerprint density at radius 3 is 2.70 bits per heavy atom. The summed E-state index contributed by atoms with van der Waals surface area (Å²) in [5.41, 5.74) is -0.542. The summed E-state index contributed by atoms with van der Waals surface area (Å²) in [5, 5.41) is 2.76. The molecule has 0 aromatic rings. The molecule has 0 spiro atoms. The van der Waals surface area contributed by atoms with Gasteiger partial charge in [0, 0.05) is 12.6 Å². The Bertz CT molecular complexity index is 389. The summed E-state index contributed by atoms with van der Waals surface area (Å²) in [6.45, 7) is 8.43. The van der Waals surface area contributed by atoms with Crippen LogP contribution in [0.2, 0.25) is 0 Å². The number of alkyl carbamates (subject to hydrolysis) is 1. The molecule has 5 heteroatoms. The van der Waals surface area contributed by atoms with E-state index in [1.54, 1.807) is 0 Å². The van der Waals surface area contributed by atoms with E-state index in [0.29, 0.717) is 18.4 Å². The largest absolute Gasteiger partial charge is 0.444 e. The van der Waals surface area contributed by atoms with Gasteiger partial charge >= 0.3 is 6.09 Å². The molecule has 0 saturated carbocycles. The number of carbonyl (C=O) groups excluding carboxylic acids is 2. The highest BCUT2D eigenvalue weighted by atomic mass is 16.6. The Morgan fingerprint density at radius 2 is 2.05 bits per heavy atom. The lowest BCUT2D eigenvalue weighted by molar-refractivity contribution is -0.133. The van der Waals surface area contributed by atoms with Crippen LogP contribution >= 0.6 is 0 Å². The highest BCUT2D eigenvalue weighted by Gasteiger charge is 2.39. The van der Waals surface area contributed by atoms with Gasteiger partial charge in [0.1, 0.15) is 11.6 Å². The summed E-state index contributed by atoms with van der Waals surface area (Å²) in [6.07, 6.45) is 3.40. The topological polar surface area (TPSA) is 58.6 Å². The minimum Gasteiger partial charge on any atom is -0.444 e. The quantitative estimate of drug-likeness (QED) is 0.803. The summed E-state index contributed by atoms with van der Waals surface area (Å²) >= 11 is 0. The number of hydrogen-bond donors (Lipinski definition) is 1. The van der Waals surface area contributed by atoms with Crippen LogP contribution in [-0.4, -0.2) is 41.1 Å². The Morgan fingerprint density at radius 1 is 1.35 bits per heavy atom. The number of fused-ring (bicyclic) bond motifs is 1. The third kappa shape index (κ3) is 3.64. The number of nitrogens with one attached hydrogen (secondary N) is 1. The molecule has 2 heterocycles. The van der Waals surface area contributed by atoms with Crippen molar-refractivity contribution >= 4 is 12.0 Å². The molecule has 0 aliphatic carbocycles. The van der Waals surface area contributed by atoms with Crippen LogP contribution in [0.4, 0.5) is 4.79 Å². The van der Waals surface area contributed by atoms with E-state index in [1.807, 2.05) is 25.7 Å². The van der Waals surface area contributed by atoms with Crippen molar-refractivity contribution in [3.63, 3.8) is 0 Å². The minimum absolute atomic E-state index is 0.0581. The molecule has 3 atom stereocenters. The first-order valence-corrected chi connectivity index (χ1v) is 7.56. The van der Waals surface area contributed by atoms with Gasteiger partial charge in [-0.25, -0.2) is 4.79 Å². The average molecular weight is 282 g/mol. The standard InChI is InChI=1S/C15H26N2O3/c1-10-8-11-6-5-7-17(11)13(18)12(9-10)16-14(19)20-15(2,3)4/h10-12H,5-9H2,1-4H3,(H,16,19)/t10?,11-,12+/m1/s1. The normalized spacial score (nSPS) is 30.7. The zero-order valence-electron chi connectivity index (χ0n) is 12.9. The SMILES string of the molecule is CC1C[C@H]2CCCN2C(=O)[C@@H](NC(=O)OC(C)(C)C)C1. The van der Waals surface area contributed by atoms with Crippen LogP contribution in [0.3, 0.4) is 0 Å². The number of rotatable bonds is 1. The lowest BCUT2D eigenvalue weighted by Crippen LogP contribution is -2.49. The van der Waals surface area contributed by atoms with Crippen LogP contribution in [-0.2, 0) is 9.53 Å². The molecule has 2 amide bonds. The Hall–Kier alpha value is -1.26. The van der Waals surface area contributed by atoms with Crippen molar-refractivity contribution in [2.24, 2.45) is 5.92 Å². The maximum atomic E-state index is 12.5. The zero-order valence-corrected chi connectivity index (χ0v) is 12.9. The van der Waals surface area contributed by atoms with Gasteiger partial charge in [-0.15, -0.1) is 0 Å². The van der Waals surface area contributed by atoms with E-state index in [4.69, 9.17) is 4.74 Å². The Labute approximate surface area is 121 Å². The maximum Gasteiger partial charge on any atom is 0.408 e. The van der Waals surface area contributed by atoms with Gasteiger partial charge < -0.3 is 15.0 Å². The second-order valence-electron chi connectivity index (χ2n) is 7.10. The molecule has 0 aromatic heterocycles. The van der Waals surface area contributed by atoms with E-state index in [9.17, 15) is 9.59 Å². The fourth-order valence-corrected chi connectivity index (χ4v) is 3.21. The first-order valence-electron chi connectivity index (χ1n) is 7.56. The fourth-order valence-electron chi connectivity index (χ4n) is 3.21. The first-order chi connectivity index (χ1) is 9.26. The minimum atomic E-state index is -0.542. The highest BCUT2D eigenvalue weighted by molar-refractivity contribution is 5.86. The predicted octanol–water partition coefficient (Wildman–Crippen LogP) is 2.30. The predicted molar refractivity (Wildman–Crippen MR) is 76.3 cm³/mol. The third-order valence-corrected chi connectivity index (χ3v) is 3.96. The molecule has 114 valence electrons. The molecule has 2 aliphatic heterocycles. The molecule has 5 nitrogen and oxygen atoms in total. The van der Waals surface area contributed by atoms with Crippen molar-refractivity contribution in [2.45, 2.75) is 71.1 Å². The highest BCUT2D eigenvalue weighted by Crippen LogP contribution is 2.30. The van der Waals surface area contributed by atoms with Crippen molar-refractivity contribution in [3.8, 4) is 0 Å². The average Bonchev–Trinajstić information content (AvgIpc) is 2.68. The molecule has 0 aromatic carbocycles. The third-order valence-electron chi connectivity index (χ3n) is 3.96. The number of hydrogen-bond acceptors (Lipinski definition) is 3. The van der Waals surface area contributed by atoms with Crippen LogP contribution in [0.15, 0.2) is 0 Å². The maximum absolute atomic E-state index is 12.5. The van der Waals surface area contributed by atoms with E-state index in [2.05, 4.69) is 12.2 Å². The molecule has 1 unspecified atom stereocenters. The lowest BCUT2D eigenvalue weighted by Gasteiger charge is -2.26. The van der Waals surface area contributed by atoms with Crippen molar-refractivity contribution in [1.82, 2.24) is 10.2 Å². The molecule has 1 N–H and O–H groups in total. The number of ether oxygens (including phenoxy) is 1. The monoisotopic (exact) mass is 282 g/mol. The van der Waals surface area contributed by atoms with Crippen molar-refractivity contribution in [1.29, 1.82) is 0 Å². The smallest absolute Gasteiger partial charge is 0.408 e. The van der Waals surface area contributed by atoms with E-state index >= 15 is 0 Å². The lowest BCUT2D eigenvalue weighted by atomic mass is 9.96. The molecule has 0 bridgehead atoms. The molecule has 2 fully saturated rings. The number of amides is 2. The molecule has 20 heavy (non-hydrogen) atoms. The fraction of sp³-hybridized carbons (Fsp3) is 0.867. The summed E-state index contributed by atoms with van der Waals surface area (Å²) < 4.78 is 5.26. The van der Waals surface area contributed by atoms with Gasteiger partial charge in [-0.2, -0.15) is 0 Å². The van der Waals surface area contributed by atoms with Gasteiger partial charge in [0.25, 0.3) is 0 Å². The molecule has 2 aliphatic rings. The van der Waals surface area contributed by atoms with E-state index in [1.165, 1.54) is 0 Å². The van der Waals surface area contributed by atoms with Crippen LogP contribution in [0.25, 0.3) is 0 Å². The van der Waals surface area contributed by atoms with Crippen LogP contribution in [0.5, 0.6) is 0 Å². The van der Waals surface area contributed by atoms with Gasteiger partial charge in [0.15, 0.2) is 0 Å². The van der Waals surface area contributed by atoms with E-state index in [0.717, 1.165) is 25.8 Å². The van der Waals surface area contributed by atoms with Crippen molar-refractivity contribution in [3.05, 3.63) is 0 Å². The second kappa shape index (κ2) is 5.62. The van der Waals surface area contributed by atoms with Crippen molar-refractivity contribution in [2.75, 3.05) is 6.54 Å². The van der Waals surface area contributed by atoms with E-state index < -0.39 is 17.7 Å². The Kier molecular flexibility index (Phi) is 4.25. The molecule has 0 radical (unpaired) electrons. The summed E-state index contributed by atoms with van der Waals surface area (Å²) in [5.74, 6) is 0.495. The van der Waals surface area contributed by atoms with Gasteiger partial charge in [0.2, 0.25) is 5.91 Å². The summed E-state index contributed by atoms with van der Waals surface area (Å²) in [4.78, 5) is 26.4. The molecule has 2 rings (SSSR count). The van der Waals surface area contributed by atoms with Gasteiger partial charge in [0.05, 0.1) is 0 Å². The first kappa shape index (κ1) is 15.1. The molecular weight excluding hydrogens is 256 g/mol. The van der Waals surface area contributed by atoms with Gasteiger partial charge in [-0.1, -0.05) is 6.92 Å². The van der Waals surface area contributed by atoms with Crippen LogP contribution in [0, 0.1) is 5.92 Å². The number of carbonyl (C=O) groups is 2. The zero-order chi connectivity index (χ0) is 14.9. The molecular formula is C15H26N2O3. The second-order valence-corrected chi connectivity index (χ2v) is 7.10.